The lowest BCUT2D eigenvalue weighted by Crippen LogP contribution is -2.99. The van der Waals surface area contributed by atoms with Gasteiger partial charge < -0.3 is 9.94 Å². The Morgan fingerprint density at radius 2 is 2.17 bits per heavy atom. The summed E-state index contributed by atoms with van der Waals surface area (Å²) in [5.41, 5.74) is 4.12. The molecule has 1 fully saturated rings. The second kappa shape index (κ2) is 9.15. The summed E-state index contributed by atoms with van der Waals surface area (Å²) in [5.74, 6) is -0.758. The van der Waals surface area contributed by atoms with E-state index in [-0.39, 0.29) is 18.2 Å². The van der Waals surface area contributed by atoms with Crippen molar-refractivity contribution in [3.63, 3.8) is 0 Å². The summed E-state index contributed by atoms with van der Waals surface area (Å²) < 4.78 is 4.97. The van der Waals surface area contributed by atoms with Crippen LogP contribution in [0.15, 0.2) is 34.3 Å². The second-order valence-electron chi connectivity index (χ2n) is 5.67. The first-order valence-corrected chi connectivity index (χ1v) is 10.0. The Labute approximate surface area is 173 Å². The minimum Gasteiger partial charge on any atom is -0.595 e. The van der Waals surface area contributed by atoms with Crippen molar-refractivity contribution >= 4 is 57.0 Å². The average Bonchev–Trinajstić information content (AvgIpc) is 3.23. The number of anilines is 1. The van der Waals surface area contributed by atoms with Gasteiger partial charge in [-0.1, -0.05) is 11.3 Å². The number of nitrogens with one attached hydrogen (secondary N) is 3. The van der Waals surface area contributed by atoms with Crippen LogP contribution in [0.4, 0.5) is 10.8 Å². The first-order valence-electron chi connectivity index (χ1n) is 8.40. The lowest BCUT2D eigenvalue weighted by atomic mass is 10.2. The van der Waals surface area contributed by atoms with Gasteiger partial charge in [-0.15, -0.1) is 5.10 Å². The van der Waals surface area contributed by atoms with Gasteiger partial charge in [-0.05, 0) is 49.4 Å². The summed E-state index contributed by atoms with van der Waals surface area (Å²) in [6.45, 7) is 3.70. The zero-order valence-electron chi connectivity index (χ0n) is 15.4. The van der Waals surface area contributed by atoms with Crippen LogP contribution in [0.1, 0.15) is 27.9 Å². The standard InChI is InChI=1S/C17H17N5O5S2/c1-3-27-15(24)13-9(2)18-16(29-13)20-21-17-19-14(23)12(28-17)8-10-4-6-11(7-5-10)22(25)26/h4-8,22,25H,3H2,1-2H3,(H,18,20)(H,19,21,23)/b12-8+. The number of quaternary nitrogens is 1. The number of nitrogens with zero attached hydrogens (tertiary/aromatic N) is 2. The number of benzene rings is 1. The number of amidine groups is 1. The summed E-state index contributed by atoms with van der Waals surface area (Å²) in [7, 11) is 0. The van der Waals surface area contributed by atoms with Gasteiger partial charge in [0.1, 0.15) is 4.88 Å². The molecule has 1 aliphatic heterocycles. The third-order valence-electron chi connectivity index (χ3n) is 3.62. The van der Waals surface area contributed by atoms with E-state index < -0.39 is 11.2 Å². The highest BCUT2D eigenvalue weighted by molar-refractivity contribution is 8.18. The number of carbonyl (C=O) groups is 2. The van der Waals surface area contributed by atoms with E-state index in [0.29, 0.717) is 31.3 Å². The van der Waals surface area contributed by atoms with Crippen molar-refractivity contribution in [1.82, 2.24) is 10.3 Å². The van der Waals surface area contributed by atoms with Crippen LogP contribution in [0.5, 0.6) is 0 Å². The highest BCUT2D eigenvalue weighted by Gasteiger charge is 2.24. The van der Waals surface area contributed by atoms with Gasteiger partial charge in [0.2, 0.25) is 5.13 Å². The molecule has 0 spiro atoms. The maximum Gasteiger partial charge on any atom is 0.350 e. The zero-order valence-corrected chi connectivity index (χ0v) is 17.0. The Balaban J connectivity index is 1.67. The van der Waals surface area contributed by atoms with Gasteiger partial charge in [0.15, 0.2) is 10.9 Å². The van der Waals surface area contributed by atoms with Gasteiger partial charge in [-0.2, -0.15) is 5.23 Å². The number of aryl methyl sites for hydroxylation is 1. The molecule has 1 aromatic heterocycles. The normalized spacial score (nSPS) is 17.4. The molecular formula is C17H17N5O5S2. The molecule has 1 saturated heterocycles. The van der Waals surface area contributed by atoms with Gasteiger partial charge in [0.25, 0.3) is 5.91 Å². The third kappa shape index (κ3) is 5.19. The maximum atomic E-state index is 12.1. The van der Waals surface area contributed by atoms with Crippen molar-refractivity contribution in [2.24, 2.45) is 5.10 Å². The number of hydrogen-bond acceptors (Lipinski definition) is 10. The number of ether oxygens (including phenoxy) is 1. The number of aromatic nitrogens is 1. The molecule has 10 nitrogen and oxygen atoms in total. The molecule has 4 N–H and O–H groups in total. The summed E-state index contributed by atoms with van der Waals surface area (Å²) in [5, 5.41) is 26.3. The number of hydrazone groups is 1. The van der Waals surface area contributed by atoms with Crippen LogP contribution < -0.4 is 16.0 Å². The molecule has 0 aliphatic carbocycles. The molecular weight excluding hydrogens is 418 g/mol. The summed E-state index contributed by atoms with van der Waals surface area (Å²) in [6.07, 6.45) is 1.64. The van der Waals surface area contributed by atoms with Gasteiger partial charge in [0.05, 0.1) is 17.2 Å². The average molecular weight is 435 g/mol. The Kier molecular flexibility index (Phi) is 6.61. The van der Waals surface area contributed by atoms with Crippen molar-refractivity contribution in [1.29, 1.82) is 0 Å². The first kappa shape index (κ1) is 21.0. The van der Waals surface area contributed by atoms with E-state index in [1.807, 2.05) is 0 Å². The van der Waals surface area contributed by atoms with E-state index in [1.54, 1.807) is 32.1 Å². The molecule has 0 bridgehead atoms. The number of esters is 1. The molecule has 3 rings (SSSR count). The molecule has 1 unspecified atom stereocenters. The summed E-state index contributed by atoms with van der Waals surface area (Å²) >= 11 is 2.24. The van der Waals surface area contributed by atoms with Crippen molar-refractivity contribution in [2.45, 2.75) is 13.8 Å². The Morgan fingerprint density at radius 1 is 1.45 bits per heavy atom. The third-order valence-corrected chi connectivity index (χ3v) is 5.57. The molecule has 0 radical (unpaired) electrons. The van der Waals surface area contributed by atoms with Crippen LogP contribution in [0, 0.1) is 12.1 Å². The zero-order chi connectivity index (χ0) is 21.0. The van der Waals surface area contributed by atoms with E-state index in [1.165, 1.54) is 12.1 Å². The largest absolute Gasteiger partial charge is 0.595 e. The van der Waals surface area contributed by atoms with Crippen molar-refractivity contribution in [3.8, 4) is 0 Å². The quantitative estimate of drug-likeness (QED) is 0.305. The minimum absolute atomic E-state index is 0.169. The smallest absolute Gasteiger partial charge is 0.350 e. The molecule has 1 amide bonds. The van der Waals surface area contributed by atoms with Gasteiger partial charge in [-0.25, -0.2) is 15.0 Å². The fourth-order valence-electron chi connectivity index (χ4n) is 2.28. The Morgan fingerprint density at radius 3 is 2.83 bits per heavy atom. The van der Waals surface area contributed by atoms with E-state index in [4.69, 9.17) is 9.94 Å². The number of hydrogen-bond donors (Lipinski definition) is 4. The lowest BCUT2D eigenvalue weighted by Gasteiger charge is -2.10. The molecule has 1 aliphatic rings. The summed E-state index contributed by atoms with van der Waals surface area (Å²) in [4.78, 5) is 29.0. The van der Waals surface area contributed by atoms with Crippen LogP contribution >= 0.6 is 23.1 Å². The van der Waals surface area contributed by atoms with Gasteiger partial charge in [0, 0.05) is 12.1 Å². The first-order chi connectivity index (χ1) is 13.9. The number of thiazole rings is 1. The molecule has 0 saturated carbocycles. The molecule has 2 heterocycles. The van der Waals surface area contributed by atoms with Crippen molar-refractivity contribution < 1.29 is 24.8 Å². The molecule has 1 atom stereocenters. The fourth-order valence-corrected chi connectivity index (χ4v) is 3.87. The predicted octanol–water partition coefficient (Wildman–Crippen LogP) is 1.62. The van der Waals surface area contributed by atoms with E-state index in [9.17, 15) is 14.8 Å². The Hall–Kier alpha value is -2.77. The predicted molar refractivity (Wildman–Crippen MR) is 110 cm³/mol. The van der Waals surface area contributed by atoms with Crippen molar-refractivity contribution in [3.05, 3.63) is 50.5 Å². The number of thioether (sulfide) groups is 1. The monoisotopic (exact) mass is 435 g/mol. The van der Waals surface area contributed by atoms with Crippen LogP contribution in [-0.2, 0) is 9.53 Å². The van der Waals surface area contributed by atoms with Crippen LogP contribution in [0.25, 0.3) is 6.08 Å². The number of carbonyl (C=O) groups excluding carboxylic acids is 2. The van der Waals surface area contributed by atoms with Crippen LogP contribution in [-0.4, -0.2) is 33.8 Å². The van der Waals surface area contributed by atoms with Crippen LogP contribution in [0.3, 0.4) is 0 Å². The molecule has 12 heteroatoms. The summed E-state index contributed by atoms with van der Waals surface area (Å²) in [6, 6.07) is 6.17. The van der Waals surface area contributed by atoms with Crippen LogP contribution in [0.2, 0.25) is 0 Å². The van der Waals surface area contributed by atoms with Gasteiger partial charge in [-0.3, -0.25) is 15.5 Å². The lowest BCUT2D eigenvalue weighted by molar-refractivity contribution is -0.991. The van der Waals surface area contributed by atoms with E-state index >= 15 is 0 Å². The fraction of sp³-hybridized carbons (Fsp3) is 0.176. The second-order valence-corrected chi connectivity index (χ2v) is 7.70. The maximum absolute atomic E-state index is 12.1. The highest BCUT2D eigenvalue weighted by atomic mass is 32.2. The topological polar surface area (TPSA) is 140 Å². The van der Waals surface area contributed by atoms with Gasteiger partial charge >= 0.3 is 5.97 Å². The van der Waals surface area contributed by atoms with E-state index in [0.717, 1.165) is 23.1 Å². The highest BCUT2D eigenvalue weighted by Crippen LogP contribution is 2.27. The Bertz CT molecular complexity index is 985. The number of rotatable bonds is 6. The molecule has 1 aromatic carbocycles. The number of amides is 1. The molecule has 29 heavy (non-hydrogen) atoms. The SMILES string of the molecule is CCOC(=O)c1sc(N/N=C2/NC(=O)/C(=C\c3ccc([NH+]([O-])O)cc3)S2)nc1C. The van der Waals surface area contributed by atoms with E-state index in [2.05, 4.69) is 20.8 Å². The minimum atomic E-state index is -1.01. The molecule has 2 aromatic rings. The molecule has 152 valence electrons. The van der Waals surface area contributed by atoms with Crippen molar-refractivity contribution in [2.75, 3.05) is 12.0 Å².